The van der Waals surface area contributed by atoms with Gasteiger partial charge in [-0.1, -0.05) is 18.2 Å². The fourth-order valence-electron chi connectivity index (χ4n) is 2.74. The summed E-state index contributed by atoms with van der Waals surface area (Å²) < 4.78 is 39.8. The summed E-state index contributed by atoms with van der Waals surface area (Å²) in [5, 5.41) is 2.42. The van der Waals surface area contributed by atoms with E-state index in [0.717, 1.165) is 22.9 Å². The van der Waals surface area contributed by atoms with Gasteiger partial charge in [0.2, 0.25) is 5.91 Å². The Labute approximate surface area is 149 Å². The van der Waals surface area contributed by atoms with Gasteiger partial charge < -0.3 is 10.2 Å². The third-order valence-electron chi connectivity index (χ3n) is 3.99. The minimum Gasteiger partial charge on any atom is -0.350 e. The molecule has 0 spiro atoms. The number of anilines is 1. The van der Waals surface area contributed by atoms with E-state index < -0.39 is 28.9 Å². The molecule has 0 radical (unpaired) electrons. The molecule has 0 saturated heterocycles. The van der Waals surface area contributed by atoms with Gasteiger partial charge in [-0.3, -0.25) is 9.59 Å². The highest BCUT2D eigenvalue weighted by molar-refractivity contribution is 5.95. The molecular weight excluding hydrogens is 345 g/mol. The smallest absolute Gasteiger partial charge is 0.254 e. The van der Waals surface area contributed by atoms with Crippen LogP contribution in [0.2, 0.25) is 0 Å². The first kappa shape index (κ1) is 19.5. The molecule has 7 heteroatoms. The largest absolute Gasteiger partial charge is 0.350 e. The normalized spacial score (nSPS) is 10.5. The van der Waals surface area contributed by atoms with Crippen molar-refractivity contribution in [3.05, 3.63) is 64.5 Å². The summed E-state index contributed by atoms with van der Waals surface area (Å²) in [6.07, 6.45) is 0. The van der Waals surface area contributed by atoms with Gasteiger partial charge in [-0.2, -0.15) is 0 Å². The Bertz CT molecular complexity index is 833. The van der Waals surface area contributed by atoms with Crippen LogP contribution < -0.4 is 10.2 Å². The molecule has 1 N–H and O–H groups in total. The maximum atomic E-state index is 13.7. The third kappa shape index (κ3) is 4.04. The topological polar surface area (TPSA) is 49.4 Å². The first-order valence-electron chi connectivity index (χ1n) is 8.00. The number of aryl methyl sites for hydroxylation is 2. The van der Waals surface area contributed by atoms with Crippen LogP contribution in [0.15, 0.2) is 30.3 Å². The molecule has 0 aliphatic rings. The van der Waals surface area contributed by atoms with Gasteiger partial charge >= 0.3 is 0 Å². The summed E-state index contributed by atoms with van der Waals surface area (Å²) in [7, 11) is 0. The van der Waals surface area contributed by atoms with E-state index >= 15 is 0 Å². The molecule has 0 unspecified atom stereocenters. The number of carbonyl (C=O) groups excluding carboxylic acids is 2. The van der Waals surface area contributed by atoms with Crippen LogP contribution in [0.4, 0.5) is 18.9 Å². The van der Waals surface area contributed by atoms with Crippen LogP contribution in [0, 0.1) is 31.3 Å². The number of rotatable bonds is 5. The van der Waals surface area contributed by atoms with E-state index in [1.807, 2.05) is 32.0 Å². The van der Waals surface area contributed by atoms with Crippen LogP contribution in [-0.4, -0.2) is 24.9 Å². The van der Waals surface area contributed by atoms with E-state index in [4.69, 9.17) is 0 Å². The lowest BCUT2D eigenvalue weighted by Crippen LogP contribution is -2.38. The molecule has 2 aromatic carbocycles. The number of hydrogen-bond donors (Lipinski definition) is 1. The van der Waals surface area contributed by atoms with Crippen LogP contribution in [0.25, 0.3) is 0 Å². The van der Waals surface area contributed by atoms with Crippen molar-refractivity contribution in [1.82, 2.24) is 5.32 Å². The minimum atomic E-state index is -1.70. The second-order valence-electron chi connectivity index (χ2n) is 5.89. The third-order valence-corrected chi connectivity index (χ3v) is 3.99. The van der Waals surface area contributed by atoms with E-state index in [-0.39, 0.29) is 19.0 Å². The molecule has 2 amide bonds. The predicted octanol–water partition coefficient (Wildman–Crippen LogP) is 3.50. The van der Waals surface area contributed by atoms with Crippen molar-refractivity contribution in [2.75, 3.05) is 18.0 Å². The maximum absolute atomic E-state index is 13.7. The Morgan fingerprint density at radius 3 is 2.19 bits per heavy atom. The van der Waals surface area contributed by atoms with E-state index in [1.54, 1.807) is 0 Å². The first-order chi connectivity index (χ1) is 12.2. The van der Waals surface area contributed by atoms with E-state index in [1.165, 1.54) is 11.8 Å². The van der Waals surface area contributed by atoms with Crippen molar-refractivity contribution < 1.29 is 22.8 Å². The second kappa shape index (κ2) is 8.03. The molecule has 0 aliphatic heterocycles. The number of benzene rings is 2. The summed E-state index contributed by atoms with van der Waals surface area (Å²) in [5.74, 6) is -5.70. The molecule has 0 saturated carbocycles. The highest BCUT2D eigenvalue weighted by Crippen LogP contribution is 2.24. The van der Waals surface area contributed by atoms with Gasteiger partial charge in [0, 0.05) is 25.7 Å². The van der Waals surface area contributed by atoms with Gasteiger partial charge in [0.05, 0.1) is 5.56 Å². The van der Waals surface area contributed by atoms with Crippen LogP contribution >= 0.6 is 0 Å². The summed E-state index contributed by atoms with van der Waals surface area (Å²) in [6.45, 7) is 5.31. The molecule has 0 heterocycles. The first-order valence-corrected chi connectivity index (χ1v) is 8.00. The van der Waals surface area contributed by atoms with E-state index in [9.17, 15) is 22.8 Å². The van der Waals surface area contributed by atoms with E-state index in [2.05, 4.69) is 5.32 Å². The Morgan fingerprint density at radius 2 is 1.62 bits per heavy atom. The zero-order chi connectivity index (χ0) is 19.4. The van der Waals surface area contributed by atoms with Crippen molar-refractivity contribution >= 4 is 17.5 Å². The lowest BCUT2D eigenvalue weighted by molar-refractivity contribution is -0.116. The van der Waals surface area contributed by atoms with Gasteiger partial charge in [-0.05, 0) is 37.1 Å². The molecule has 2 rings (SSSR count). The summed E-state index contributed by atoms with van der Waals surface area (Å²) in [6, 6.07) is 7.17. The van der Waals surface area contributed by atoms with Gasteiger partial charge in [0.1, 0.15) is 0 Å². The fourth-order valence-corrected chi connectivity index (χ4v) is 2.74. The molecule has 0 fully saturated rings. The molecule has 0 atom stereocenters. The maximum Gasteiger partial charge on any atom is 0.254 e. The summed E-state index contributed by atoms with van der Waals surface area (Å²) in [5.41, 5.74) is 1.95. The number of amides is 2. The Kier molecular flexibility index (Phi) is 6.02. The van der Waals surface area contributed by atoms with Crippen LogP contribution in [0.5, 0.6) is 0 Å². The number of carbonyl (C=O) groups is 2. The lowest BCUT2D eigenvalue weighted by Gasteiger charge is -2.25. The van der Waals surface area contributed by atoms with Crippen LogP contribution in [0.3, 0.4) is 0 Å². The zero-order valence-corrected chi connectivity index (χ0v) is 14.7. The van der Waals surface area contributed by atoms with Gasteiger partial charge in [-0.15, -0.1) is 0 Å². The monoisotopic (exact) mass is 364 g/mol. The van der Waals surface area contributed by atoms with Crippen LogP contribution in [0.1, 0.15) is 28.4 Å². The Balaban J connectivity index is 2.11. The van der Waals surface area contributed by atoms with Gasteiger partial charge in [0.15, 0.2) is 17.5 Å². The number of hydrogen-bond acceptors (Lipinski definition) is 2. The summed E-state index contributed by atoms with van der Waals surface area (Å²) >= 11 is 0. The highest BCUT2D eigenvalue weighted by atomic mass is 19.2. The molecular formula is C19H19F3N2O2. The Hall–Kier alpha value is -2.83. The second-order valence-corrected chi connectivity index (χ2v) is 5.89. The van der Waals surface area contributed by atoms with Crippen molar-refractivity contribution in [3.8, 4) is 0 Å². The number of para-hydroxylation sites is 1. The average Bonchev–Trinajstić information content (AvgIpc) is 2.57. The van der Waals surface area contributed by atoms with Crippen molar-refractivity contribution in [3.63, 3.8) is 0 Å². The van der Waals surface area contributed by atoms with Crippen molar-refractivity contribution in [2.24, 2.45) is 0 Å². The quantitative estimate of drug-likeness (QED) is 0.826. The molecule has 0 bridgehead atoms. The van der Waals surface area contributed by atoms with Gasteiger partial charge in [0.25, 0.3) is 5.91 Å². The predicted molar refractivity (Wildman–Crippen MR) is 92.6 cm³/mol. The van der Waals surface area contributed by atoms with Crippen LogP contribution in [-0.2, 0) is 4.79 Å². The minimum absolute atomic E-state index is 0.0185. The summed E-state index contributed by atoms with van der Waals surface area (Å²) in [4.78, 5) is 25.5. The zero-order valence-electron chi connectivity index (χ0n) is 14.7. The number of halogens is 3. The van der Waals surface area contributed by atoms with Crippen molar-refractivity contribution in [2.45, 2.75) is 20.8 Å². The molecule has 0 aliphatic carbocycles. The highest BCUT2D eigenvalue weighted by Gasteiger charge is 2.20. The lowest BCUT2D eigenvalue weighted by atomic mass is 10.1. The number of nitrogens with zero attached hydrogens (tertiary/aromatic N) is 1. The Morgan fingerprint density at radius 1 is 1.00 bits per heavy atom. The average molecular weight is 364 g/mol. The molecule has 0 aromatic heterocycles. The van der Waals surface area contributed by atoms with Crippen molar-refractivity contribution in [1.29, 1.82) is 0 Å². The molecule has 138 valence electrons. The SMILES string of the molecule is CC(=O)N(CCNC(=O)c1ccc(F)c(F)c1F)c1c(C)cccc1C. The standard InChI is InChI=1S/C19H19F3N2O2/c1-11-5-4-6-12(2)18(11)24(13(3)25)10-9-23-19(26)14-7-8-15(20)17(22)16(14)21/h4-8H,9-10H2,1-3H3,(H,23,26). The number of nitrogens with one attached hydrogen (secondary N) is 1. The fraction of sp³-hybridized carbons (Fsp3) is 0.263. The molecule has 2 aromatic rings. The molecule has 26 heavy (non-hydrogen) atoms. The van der Waals surface area contributed by atoms with Gasteiger partial charge in [-0.25, -0.2) is 13.2 Å². The molecule has 4 nitrogen and oxygen atoms in total. The van der Waals surface area contributed by atoms with E-state index in [0.29, 0.717) is 6.07 Å².